The summed E-state index contributed by atoms with van der Waals surface area (Å²) >= 11 is 0. The average Bonchev–Trinajstić information content (AvgIpc) is 2.79. The van der Waals surface area contributed by atoms with Crippen LogP contribution in [0.5, 0.6) is 0 Å². The SMILES string of the molecule is C=C(C)C(=O)OCCC[Si](OC)(OC)OC.COC1(OC)CCCC[Si]1(OC)OC. The summed E-state index contributed by atoms with van der Waals surface area (Å²) in [6.07, 6.45) is 3.72. The van der Waals surface area contributed by atoms with Gasteiger partial charge in [0.05, 0.1) is 6.61 Å². The quantitative estimate of drug-likeness (QED) is 0.141. The van der Waals surface area contributed by atoms with Gasteiger partial charge in [-0.15, -0.1) is 0 Å². The van der Waals surface area contributed by atoms with Crippen LogP contribution < -0.4 is 0 Å². The molecule has 9 nitrogen and oxygen atoms in total. The van der Waals surface area contributed by atoms with Gasteiger partial charge in [-0.2, -0.15) is 0 Å². The number of ether oxygens (including phenoxy) is 3. The van der Waals surface area contributed by atoms with Gasteiger partial charge in [-0.05, 0) is 25.8 Å². The van der Waals surface area contributed by atoms with Crippen molar-refractivity contribution in [3.63, 3.8) is 0 Å². The molecule has 0 unspecified atom stereocenters. The number of hydrogen-bond donors (Lipinski definition) is 0. The highest BCUT2D eigenvalue weighted by molar-refractivity contribution is 6.70. The molecule has 1 aliphatic rings. The van der Waals surface area contributed by atoms with Crippen molar-refractivity contribution >= 4 is 23.3 Å². The highest BCUT2D eigenvalue weighted by Gasteiger charge is 2.60. The molecule has 1 aliphatic heterocycles. The van der Waals surface area contributed by atoms with Crippen LogP contribution in [-0.2, 0) is 41.1 Å². The Balaban J connectivity index is 0.000000564. The summed E-state index contributed by atoms with van der Waals surface area (Å²) in [7, 11) is 6.48. The van der Waals surface area contributed by atoms with Crippen LogP contribution in [0.3, 0.4) is 0 Å². The lowest BCUT2D eigenvalue weighted by Gasteiger charge is -2.46. The largest absolute Gasteiger partial charge is 0.500 e. The van der Waals surface area contributed by atoms with E-state index in [1.165, 1.54) is 0 Å². The van der Waals surface area contributed by atoms with Gasteiger partial charge in [0.25, 0.3) is 0 Å². The monoisotopic (exact) mass is 468 g/mol. The minimum absolute atomic E-state index is 0.316. The first-order chi connectivity index (χ1) is 14.2. The number of rotatable bonds is 12. The van der Waals surface area contributed by atoms with Crippen LogP contribution in [-0.4, -0.2) is 85.1 Å². The molecule has 30 heavy (non-hydrogen) atoms. The van der Waals surface area contributed by atoms with Crippen molar-refractivity contribution in [2.24, 2.45) is 0 Å². The lowest BCUT2D eigenvalue weighted by atomic mass is 10.2. The number of hydrogen-bond acceptors (Lipinski definition) is 9. The molecule has 1 rings (SSSR count). The lowest BCUT2D eigenvalue weighted by molar-refractivity contribution is -0.183. The maximum atomic E-state index is 11.1. The molecule has 178 valence electrons. The molecule has 0 spiro atoms. The minimum Gasteiger partial charge on any atom is -0.462 e. The van der Waals surface area contributed by atoms with E-state index in [9.17, 15) is 4.79 Å². The Kier molecular flexibility index (Phi) is 14.1. The van der Waals surface area contributed by atoms with Gasteiger partial charge in [-0.25, -0.2) is 4.79 Å². The number of carbonyl (C=O) groups excluding carboxylic acids is 1. The fourth-order valence-electron chi connectivity index (χ4n) is 3.43. The van der Waals surface area contributed by atoms with Gasteiger partial charge in [-0.1, -0.05) is 13.0 Å². The second-order valence-corrected chi connectivity index (χ2v) is 13.5. The summed E-state index contributed by atoms with van der Waals surface area (Å²) in [5.41, 5.74) is -0.233. The van der Waals surface area contributed by atoms with E-state index in [0.29, 0.717) is 24.6 Å². The molecule has 0 atom stereocenters. The fraction of sp³-hybridized carbons (Fsp3) is 0.842. The average molecular weight is 469 g/mol. The van der Waals surface area contributed by atoms with Crippen LogP contribution in [0.2, 0.25) is 12.1 Å². The van der Waals surface area contributed by atoms with Gasteiger partial charge in [-0.3, -0.25) is 0 Å². The molecule has 0 radical (unpaired) electrons. The maximum absolute atomic E-state index is 11.1. The van der Waals surface area contributed by atoms with Crippen LogP contribution in [0, 0.1) is 0 Å². The van der Waals surface area contributed by atoms with E-state index in [4.69, 9.17) is 36.3 Å². The summed E-state index contributed by atoms with van der Waals surface area (Å²) in [4.78, 5) is 11.1. The van der Waals surface area contributed by atoms with Crippen LogP contribution in [0.4, 0.5) is 0 Å². The molecule has 0 bridgehead atoms. The fourth-order valence-corrected chi connectivity index (χ4v) is 8.59. The Morgan fingerprint density at radius 1 is 0.967 bits per heavy atom. The molecule has 0 aromatic carbocycles. The molecule has 0 N–H and O–H groups in total. The van der Waals surface area contributed by atoms with Gasteiger partial charge >= 0.3 is 23.3 Å². The van der Waals surface area contributed by atoms with E-state index in [1.54, 1.807) is 56.7 Å². The zero-order chi connectivity index (χ0) is 23.3. The summed E-state index contributed by atoms with van der Waals surface area (Å²) < 4.78 is 42.8. The zero-order valence-electron chi connectivity index (χ0n) is 19.8. The lowest BCUT2D eigenvalue weighted by Crippen LogP contribution is -2.65. The third kappa shape index (κ3) is 7.50. The second-order valence-electron chi connectivity index (χ2n) is 6.84. The number of methoxy groups -OCH3 is 2. The summed E-state index contributed by atoms with van der Waals surface area (Å²) in [5, 5.41) is 0. The summed E-state index contributed by atoms with van der Waals surface area (Å²) in [6.45, 7) is 5.42. The van der Waals surface area contributed by atoms with Crippen molar-refractivity contribution in [3.8, 4) is 0 Å². The van der Waals surface area contributed by atoms with E-state index in [0.717, 1.165) is 25.3 Å². The predicted octanol–water partition coefficient (Wildman–Crippen LogP) is 2.81. The molecular weight excluding hydrogens is 428 g/mol. The first-order valence-corrected chi connectivity index (χ1v) is 13.9. The maximum Gasteiger partial charge on any atom is 0.500 e. The molecule has 1 heterocycles. The van der Waals surface area contributed by atoms with Gasteiger partial charge in [0.15, 0.2) is 0 Å². The Bertz CT molecular complexity index is 476. The van der Waals surface area contributed by atoms with Crippen molar-refractivity contribution in [2.75, 3.05) is 56.4 Å². The molecule has 1 fully saturated rings. The number of esters is 1. The van der Waals surface area contributed by atoms with E-state index in [1.807, 2.05) is 0 Å². The zero-order valence-corrected chi connectivity index (χ0v) is 21.8. The summed E-state index contributed by atoms with van der Waals surface area (Å²) in [6, 6.07) is 1.54. The predicted molar refractivity (Wildman–Crippen MR) is 117 cm³/mol. The molecule has 0 saturated carbocycles. The van der Waals surface area contributed by atoms with Crippen LogP contribution in [0.15, 0.2) is 12.2 Å². The molecule has 1 saturated heterocycles. The molecule has 0 aromatic rings. The Morgan fingerprint density at radius 2 is 1.50 bits per heavy atom. The second kappa shape index (κ2) is 14.4. The molecule has 11 heteroatoms. The third-order valence-corrected chi connectivity index (χ3v) is 12.3. The topological polar surface area (TPSA) is 90.9 Å². The van der Waals surface area contributed by atoms with E-state index in [2.05, 4.69) is 6.58 Å². The third-order valence-electron chi connectivity index (χ3n) is 5.30. The number of carbonyl (C=O) groups is 1. The van der Waals surface area contributed by atoms with Crippen molar-refractivity contribution in [1.82, 2.24) is 0 Å². The van der Waals surface area contributed by atoms with Crippen molar-refractivity contribution in [1.29, 1.82) is 0 Å². The van der Waals surface area contributed by atoms with Crippen molar-refractivity contribution in [3.05, 3.63) is 12.2 Å². The van der Waals surface area contributed by atoms with Crippen LogP contribution in [0.1, 0.15) is 32.6 Å². The van der Waals surface area contributed by atoms with Crippen molar-refractivity contribution in [2.45, 2.75) is 50.1 Å². The van der Waals surface area contributed by atoms with E-state index >= 15 is 0 Å². The highest BCUT2D eigenvalue weighted by atomic mass is 28.4. The normalized spacial score (nSPS) is 17.6. The Hall–Kier alpha value is -0.636. The smallest absolute Gasteiger partial charge is 0.462 e. The molecule has 0 aliphatic carbocycles. The minimum atomic E-state index is -2.53. The molecule has 0 amide bonds. The first kappa shape index (κ1) is 29.4. The van der Waals surface area contributed by atoms with Gasteiger partial charge in [0.1, 0.15) is 0 Å². The van der Waals surface area contributed by atoms with Gasteiger partial charge < -0.3 is 36.3 Å². The highest BCUT2D eigenvalue weighted by Crippen LogP contribution is 2.40. The van der Waals surface area contributed by atoms with E-state index in [-0.39, 0.29) is 5.97 Å². The Morgan fingerprint density at radius 3 is 1.87 bits per heavy atom. The molecule has 0 aromatic heterocycles. The van der Waals surface area contributed by atoms with Gasteiger partial charge in [0, 0.05) is 67.8 Å². The van der Waals surface area contributed by atoms with Gasteiger partial charge in [0.2, 0.25) is 5.41 Å². The molecular formula is C19H40O9Si2. The summed E-state index contributed by atoms with van der Waals surface area (Å²) in [5.74, 6) is -0.375. The Labute approximate surface area is 183 Å². The van der Waals surface area contributed by atoms with Crippen LogP contribution in [0.25, 0.3) is 0 Å². The standard InChI is InChI=1S/C10H20O5Si.C9H20O4Si/c1-9(2)10(11)15-7-6-8-16(12-3,13-4)14-5;1-10-9(11-2)7-5-6-8-14(9,12-3)13-4/h1,6-8H2,2-5H3;5-8H2,1-4H3. The van der Waals surface area contributed by atoms with E-state index < -0.39 is 22.8 Å². The van der Waals surface area contributed by atoms with Crippen LogP contribution >= 0.6 is 0 Å². The first-order valence-electron chi connectivity index (χ1n) is 9.90. The van der Waals surface area contributed by atoms with Crippen molar-refractivity contribution < 1.29 is 41.1 Å².